The molecule has 3 aromatic rings. The molecule has 0 amide bonds. The van der Waals surface area contributed by atoms with Crippen molar-refractivity contribution < 1.29 is 23.9 Å². The van der Waals surface area contributed by atoms with Crippen LogP contribution in [0.15, 0.2) is 103 Å². The first-order chi connectivity index (χ1) is 17.6. The number of esters is 1. The minimum absolute atomic E-state index is 0.182. The van der Waals surface area contributed by atoms with Crippen molar-refractivity contribution in [3.63, 3.8) is 0 Å². The van der Waals surface area contributed by atoms with Crippen LogP contribution in [0.25, 0.3) is 0 Å². The van der Waals surface area contributed by atoms with E-state index < -0.39 is 38.2 Å². The summed E-state index contributed by atoms with van der Waals surface area (Å²) in [6, 6.07) is 29.3. The van der Waals surface area contributed by atoms with Gasteiger partial charge in [0.25, 0.3) is 8.32 Å². The van der Waals surface area contributed by atoms with Crippen LogP contribution >= 0.6 is 0 Å². The van der Waals surface area contributed by atoms with Crippen molar-refractivity contribution in [3.05, 3.63) is 109 Å². The fraction of sp³-hybridized carbons (Fsp3) is 0.290. The number of carboxylic acid groups (broad SMARTS) is 1. The second-order valence-corrected chi connectivity index (χ2v) is 14.9. The maximum absolute atomic E-state index is 12.9. The SMILES string of the molecule is C=C1[C@H](C(=O)O)C[C@H](OC(=O)c2ccccc2)[C@H]1CO[Si](c1ccccc1)(c1ccccc1)C(C)(C)C. The molecule has 0 unspecified atom stereocenters. The van der Waals surface area contributed by atoms with Crippen LogP contribution in [0.3, 0.4) is 0 Å². The summed E-state index contributed by atoms with van der Waals surface area (Å²) in [5.41, 5.74) is 0.967. The highest BCUT2D eigenvalue weighted by molar-refractivity contribution is 6.99. The highest BCUT2D eigenvalue weighted by atomic mass is 28.4. The Morgan fingerprint density at radius 1 is 0.892 bits per heavy atom. The first kappa shape index (κ1) is 26.6. The molecule has 4 rings (SSSR count). The molecule has 6 heteroatoms. The standard InChI is InChI=1S/C31H34O5Si/c1-22-26(29(32)33)20-28(36-30(34)23-14-8-5-9-15-23)27(22)21-35-37(31(2,3)4,24-16-10-6-11-17-24)25-18-12-7-13-19-25/h5-19,26-28H,1,20-21H2,2-4H3,(H,32,33)/t26-,27+,28+/m1/s1. The summed E-state index contributed by atoms with van der Waals surface area (Å²) in [6.07, 6.45) is -0.457. The summed E-state index contributed by atoms with van der Waals surface area (Å²) in [5, 5.41) is 11.9. The third-order valence-electron chi connectivity index (χ3n) is 7.30. The van der Waals surface area contributed by atoms with Crippen molar-refractivity contribution in [2.45, 2.75) is 38.3 Å². The molecule has 192 valence electrons. The third-order valence-corrected chi connectivity index (χ3v) is 12.3. The van der Waals surface area contributed by atoms with Crippen molar-refractivity contribution >= 4 is 30.6 Å². The first-order valence-electron chi connectivity index (χ1n) is 12.6. The molecule has 0 spiro atoms. The van der Waals surface area contributed by atoms with E-state index in [-0.39, 0.29) is 18.1 Å². The molecule has 0 aromatic heterocycles. The van der Waals surface area contributed by atoms with E-state index >= 15 is 0 Å². The molecule has 5 nitrogen and oxygen atoms in total. The molecule has 1 saturated carbocycles. The third kappa shape index (κ3) is 5.31. The minimum atomic E-state index is -2.86. The highest BCUT2D eigenvalue weighted by Gasteiger charge is 2.52. The number of carbonyl (C=O) groups is 2. The van der Waals surface area contributed by atoms with Gasteiger partial charge in [0, 0.05) is 18.9 Å². The van der Waals surface area contributed by atoms with Crippen LogP contribution in [-0.2, 0) is 14.0 Å². The zero-order chi connectivity index (χ0) is 26.6. The van der Waals surface area contributed by atoms with Crippen LogP contribution in [0.2, 0.25) is 5.04 Å². The predicted molar refractivity (Wildman–Crippen MR) is 148 cm³/mol. The summed E-state index contributed by atoms with van der Waals surface area (Å²) < 4.78 is 13.0. The van der Waals surface area contributed by atoms with E-state index in [4.69, 9.17) is 9.16 Å². The normalized spacial score (nSPS) is 20.0. The summed E-state index contributed by atoms with van der Waals surface area (Å²) >= 11 is 0. The lowest BCUT2D eigenvalue weighted by Gasteiger charge is -2.44. The molecule has 37 heavy (non-hydrogen) atoms. The molecule has 0 saturated heterocycles. The number of rotatable bonds is 8. The quantitative estimate of drug-likeness (QED) is 0.258. The van der Waals surface area contributed by atoms with Crippen molar-refractivity contribution in [1.29, 1.82) is 0 Å². The van der Waals surface area contributed by atoms with Gasteiger partial charge in [0.1, 0.15) is 6.10 Å². The maximum Gasteiger partial charge on any atom is 0.338 e. The molecule has 0 heterocycles. The van der Waals surface area contributed by atoms with Crippen LogP contribution in [0, 0.1) is 11.8 Å². The van der Waals surface area contributed by atoms with E-state index in [0.29, 0.717) is 11.1 Å². The minimum Gasteiger partial charge on any atom is -0.481 e. The fourth-order valence-corrected chi connectivity index (χ4v) is 9.99. The molecule has 0 aliphatic heterocycles. The van der Waals surface area contributed by atoms with Gasteiger partial charge in [0.05, 0.1) is 11.5 Å². The average Bonchev–Trinajstić information content (AvgIpc) is 3.20. The van der Waals surface area contributed by atoms with E-state index in [9.17, 15) is 14.7 Å². The van der Waals surface area contributed by atoms with E-state index in [1.807, 2.05) is 42.5 Å². The Bertz CT molecular complexity index is 1200. The van der Waals surface area contributed by atoms with E-state index in [0.717, 1.165) is 10.4 Å². The highest BCUT2D eigenvalue weighted by Crippen LogP contribution is 2.42. The number of hydrogen-bond donors (Lipinski definition) is 1. The van der Waals surface area contributed by atoms with Gasteiger partial charge in [0.15, 0.2) is 0 Å². The zero-order valence-corrected chi connectivity index (χ0v) is 22.6. The predicted octanol–water partition coefficient (Wildman–Crippen LogP) is 5.07. The van der Waals surface area contributed by atoms with Crippen molar-refractivity contribution in [2.75, 3.05) is 6.61 Å². The largest absolute Gasteiger partial charge is 0.481 e. The van der Waals surface area contributed by atoms with Gasteiger partial charge < -0.3 is 14.3 Å². The van der Waals surface area contributed by atoms with Gasteiger partial charge in [-0.3, -0.25) is 4.79 Å². The van der Waals surface area contributed by atoms with E-state index in [2.05, 4.69) is 51.6 Å². The Labute approximate surface area is 219 Å². The molecule has 3 aromatic carbocycles. The molecule has 0 radical (unpaired) electrons. The summed E-state index contributed by atoms with van der Waals surface area (Å²) in [4.78, 5) is 24.9. The average molecular weight is 515 g/mol. The van der Waals surface area contributed by atoms with Gasteiger partial charge in [-0.2, -0.15) is 0 Å². The van der Waals surface area contributed by atoms with Crippen LogP contribution in [0.1, 0.15) is 37.6 Å². The smallest absolute Gasteiger partial charge is 0.338 e. The molecule has 1 N–H and O–H groups in total. The summed E-state index contributed by atoms with van der Waals surface area (Å²) in [5.74, 6) is -2.66. The van der Waals surface area contributed by atoms with E-state index in [1.165, 1.54) is 0 Å². The number of ether oxygens (including phenoxy) is 1. The summed E-state index contributed by atoms with van der Waals surface area (Å²) in [6.45, 7) is 10.9. The number of aliphatic carboxylic acids is 1. The Balaban J connectivity index is 1.70. The van der Waals surface area contributed by atoms with Gasteiger partial charge in [-0.1, -0.05) is 112 Å². The number of benzene rings is 3. The fourth-order valence-electron chi connectivity index (χ4n) is 5.41. The second kappa shape index (κ2) is 10.9. The topological polar surface area (TPSA) is 72.8 Å². The van der Waals surface area contributed by atoms with Gasteiger partial charge in [-0.15, -0.1) is 0 Å². The van der Waals surface area contributed by atoms with E-state index in [1.54, 1.807) is 24.3 Å². The second-order valence-electron chi connectivity index (χ2n) is 10.6. The molecular formula is C31H34O5Si. The number of hydrogen-bond acceptors (Lipinski definition) is 4. The van der Waals surface area contributed by atoms with Crippen LogP contribution in [0.5, 0.6) is 0 Å². The molecule has 1 fully saturated rings. The monoisotopic (exact) mass is 514 g/mol. The van der Waals surface area contributed by atoms with Crippen LogP contribution < -0.4 is 10.4 Å². The molecule has 3 atom stereocenters. The van der Waals surface area contributed by atoms with Crippen molar-refractivity contribution in [1.82, 2.24) is 0 Å². The van der Waals surface area contributed by atoms with Crippen LogP contribution in [-0.4, -0.2) is 38.1 Å². The lowest BCUT2D eigenvalue weighted by Crippen LogP contribution is -2.67. The van der Waals surface area contributed by atoms with Crippen molar-refractivity contribution in [3.8, 4) is 0 Å². The lowest BCUT2D eigenvalue weighted by atomic mass is 9.99. The van der Waals surface area contributed by atoms with Gasteiger partial charge in [-0.25, -0.2) is 4.79 Å². The van der Waals surface area contributed by atoms with Gasteiger partial charge in [0.2, 0.25) is 0 Å². The molecule has 0 bridgehead atoms. The Kier molecular flexibility index (Phi) is 7.81. The number of carboxylic acids is 1. The zero-order valence-electron chi connectivity index (χ0n) is 21.6. The summed E-state index contributed by atoms with van der Waals surface area (Å²) in [7, 11) is -2.86. The van der Waals surface area contributed by atoms with Gasteiger partial charge >= 0.3 is 11.9 Å². The van der Waals surface area contributed by atoms with Crippen LogP contribution in [0.4, 0.5) is 0 Å². The van der Waals surface area contributed by atoms with Gasteiger partial charge in [-0.05, 0) is 27.5 Å². The Morgan fingerprint density at radius 2 is 1.38 bits per heavy atom. The van der Waals surface area contributed by atoms with Crippen molar-refractivity contribution in [2.24, 2.45) is 11.8 Å². The molecular weight excluding hydrogens is 480 g/mol. The maximum atomic E-state index is 12.9. The molecule has 1 aliphatic carbocycles. The lowest BCUT2D eigenvalue weighted by molar-refractivity contribution is -0.140. The number of carbonyl (C=O) groups excluding carboxylic acids is 1. The molecule has 1 aliphatic rings. The Morgan fingerprint density at radius 3 is 1.84 bits per heavy atom. The first-order valence-corrected chi connectivity index (χ1v) is 14.5. The Hall–Kier alpha value is -3.48.